The van der Waals surface area contributed by atoms with Crippen molar-refractivity contribution in [2.24, 2.45) is 0 Å². The van der Waals surface area contributed by atoms with Gasteiger partial charge >= 0.3 is 0 Å². The summed E-state index contributed by atoms with van der Waals surface area (Å²) in [5.41, 5.74) is 1.48. The van der Waals surface area contributed by atoms with Gasteiger partial charge in [0.1, 0.15) is 0 Å². The van der Waals surface area contributed by atoms with E-state index in [4.69, 9.17) is 0 Å². The highest BCUT2D eigenvalue weighted by Crippen LogP contribution is 2.27. The van der Waals surface area contributed by atoms with E-state index in [-0.39, 0.29) is 0 Å². The molecule has 1 rings (SSSR count). The first-order valence-electron chi connectivity index (χ1n) is 5.74. The molecule has 0 aliphatic carbocycles. The Morgan fingerprint density at radius 3 is 2.93 bits per heavy atom. The van der Waals surface area contributed by atoms with E-state index in [0.717, 1.165) is 19.4 Å². The van der Waals surface area contributed by atoms with E-state index in [1.807, 2.05) is 17.4 Å². The lowest BCUT2D eigenvalue weighted by Gasteiger charge is -2.17. The fraction of sp³-hybridized carbons (Fsp3) is 0.538. The predicted octanol–water partition coefficient (Wildman–Crippen LogP) is 3.93. The lowest BCUT2D eigenvalue weighted by atomic mass is 10.1. The summed E-state index contributed by atoms with van der Waals surface area (Å²) in [6, 6.07) is 2.71. The van der Waals surface area contributed by atoms with E-state index >= 15 is 0 Å². The number of nitrogens with one attached hydrogen (secondary N) is 1. The van der Waals surface area contributed by atoms with Gasteiger partial charge in [-0.1, -0.05) is 19.9 Å². The highest BCUT2D eigenvalue weighted by molar-refractivity contribution is 7.10. The first-order valence-corrected chi connectivity index (χ1v) is 6.61. The van der Waals surface area contributed by atoms with Crippen LogP contribution >= 0.6 is 11.3 Å². The topological polar surface area (TPSA) is 12.0 Å². The van der Waals surface area contributed by atoms with Crippen LogP contribution in [0.15, 0.2) is 24.1 Å². The Balaban J connectivity index is 2.73. The molecule has 0 fully saturated rings. The summed E-state index contributed by atoms with van der Waals surface area (Å²) in [4.78, 5) is 1.49. The Bertz CT molecular complexity index is 290. The maximum Gasteiger partial charge on any atom is 0.0452 e. The molecule has 0 saturated carbocycles. The molecule has 0 spiro atoms. The molecule has 84 valence electrons. The average Bonchev–Trinajstić information content (AvgIpc) is 2.72. The molecule has 1 aromatic rings. The molecule has 1 aromatic heterocycles. The molecule has 1 N–H and O–H groups in total. The molecular formula is C13H21NS. The van der Waals surface area contributed by atoms with Crippen molar-refractivity contribution in [3.05, 3.63) is 34.5 Å². The molecule has 0 saturated heterocycles. The maximum absolute atomic E-state index is 3.84. The zero-order valence-corrected chi connectivity index (χ0v) is 10.6. The fourth-order valence-electron chi connectivity index (χ4n) is 1.71. The van der Waals surface area contributed by atoms with Gasteiger partial charge in [0, 0.05) is 10.9 Å². The average molecular weight is 223 g/mol. The molecule has 0 aliphatic heterocycles. The number of rotatable bonds is 7. The summed E-state index contributed by atoms with van der Waals surface area (Å²) in [5.74, 6) is 0. The Hall–Kier alpha value is -0.600. The highest BCUT2D eigenvalue weighted by Gasteiger charge is 2.13. The summed E-state index contributed by atoms with van der Waals surface area (Å²) < 4.78 is 0. The Morgan fingerprint density at radius 1 is 1.53 bits per heavy atom. The van der Waals surface area contributed by atoms with Crippen LogP contribution in [-0.2, 0) is 6.42 Å². The Morgan fingerprint density at radius 2 is 2.33 bits per heavy atom. The van der Waals surface area contributed by atoms with Gasteiger partial charge in [-0.15, -0.1) is 17.9 Å². The molecule has 1 atom stereocenters. The molecule has 0 amide bonds. The number of hydrogen-bond acceptors (Lipinski definition) is 2. The van der Waals surface area contributed by atoms with Crippen LogP contribution in [0.1, 0.15) is 43.2 Å². The van der Waals surface area contributed by atoms with Gasteiger partial charge in [0.2, 0.25) is 0 Å². The first-order chi connectivity index (χ1) is 7.33. The molecule has 0 radical (unpaired) electrons. The van der Waals surface area contributed by atoms with Gasteiger partial charge in [-0.2, -0.15) is 0 Å². The quantitative estimate of drug-likeness (QED) is 0.691. The van der Waals surface area contributed by atoms with Crippen LogP contribution < -0.4 is 5.32 Å². The SMILES string of the molecule is C=CCC(NCCC)c1sccc1CC. The molecule has 15 heavy (non-hydrogen) atoms. The fourth-order valence-corrected chi connectivity index (χ4v) is 2.80. The van der Waals surface area contributed by atoms with Crippen LogP contribution in [0.25, 0.3) is 0 Å². The summed E-state index contributed by atoms with van der Waals surface area (Å²) in [7, 11) is 0. The van der Waals surface area contributed by atoms with Crippen LogP contribution in [0.4, 0.5) is 0 Å². The number of aryl methyl sites for hydroxylation is 1. The molecule has 1 nitrogen and oxygen atoms in total. The molecule has 1 unspecified atom stereocenters. The highest BCUT2D eigenvalue weighted by atomic mass is 32.1. The summed E-state index contributed by atoms with van der Waals surface area (Å²) in [5, 5.41) is 5.78. The van der Waals surface area contributed by atoms with E-state index in [2.05, 4.69) is 37.2 Å². The Kier molecular flexibility index (Phi) is 5.66. The monoisotopic (exact) mass is 223 g/mol. The van der Waals surface area contributed by atoms with Gasteiger partial charge in [0.15, 0.2) is 0 Å². The van der Waals surface area contributed by atoms with E-state index < -0.39 is 0 Å². The molecule has 0 aliphatic rings. The van der Waals surface area contributed by atoms with Crippen molar-refractivity contribution in [1.82, 2.24) is 5.32 Å². The van der Waals surface area contributed by atoms with Crippen LogP contribution in [0.3, 0.4) is 0 Å². The zero-order chi connectivity index (χ0) is 11.1. The minimum atomic E-state index is 0.470. The van der Waals surface area contributed by atoms with Crippen LogP contribution in [0, 0.1) is 0 Å². The van der Waals surface area contributed by atoms with Crippen molar-refractivity contribution in [2.45, 2.75) is 39.2 Å². The molecule has 0 aromatic carbocycles. The van der Waals surface area contributed by atoms with Crippen LogP contribution in [-0.4, -0.2) is 6.54 Å². The standard InChI is InChI=1S/C13H21NS/c1-4-7-12(14-9-5-2)13-11(6-3)8-10-15-13/h4,8,10,12,14H,1,5-7,9H2,2-3H3. The van der Waals surface area contributed by atoms with Crippen molar-refractivity contribution in [1.29, 1.82) is 0 Å². The molecule has 0 bridgehead atoms. The van der Waals surface area contributed by atoms with Crippen LogP contribution in [0.5, 0.6) is 0 Å². The third-order valence-electron chi connectivity index (χ3n) is 2.52. The first kappa shape index (κ1) is 12.5. The van der Waals surface area contributed by atoms with Gasteiger partial charge in [-0.25, -0.2) is 0 Å². The number of thiophene rings is 1. The van der Waals surface area contributed by atoms with Crippen molar-refractivity contribution in [2.75, 3.05) is 6.54 Å². The second-order valence-corrected chi connectivity index (χ2v) is 4.64. The van der Waals surface area contributed by atoms with Crippen LogP contribution in [0.2, 0.25) is 0 Å². The van der Waals surface area contributed by atoms with Gasteiger partial charge < -0.3 is 5.32 Å². The second kappa shape index (κ2) is 6.81. The summed E-state index contributed by atoms with van der Waals surface area (Å²) in [6.07, 6.45) is 5.33. The van der Waals surface area contributed by atoms with Crippen molar-refractivity contribution in [3.8, 4) is 0 Å². The van der Waals surface area contributed by atoms with E-state index in [0.29, 0.717) is 6.04 Å². The van der Waals surface area contributed by atoms with Crippen molar-refractivity contribution < 1.29 is 0 Å². The third kappa shape index (κ3) is 3.47. The van der Waals surface area contributed by atoms with Crippen molar-refractivity contribution >= 4 is 11.3 Å². The van der Waals surface area contributed by atoms with E-state index in [1.54, 1.807) is 0 Å². The minimum Gasteiger partial charge on any atom is -0.309 e. The zero-order valence-electron chi connectivity index (χ0n) is 9.75. The van der Waals surface area contributed by atoms with Crippen molar-refractivity contribution in [3.63, 3.8) is 0 Å². The lowest BCUT2D eigenvalue weighted by molar-refractivity contribution is 0.541. The van der Waals surface area contributed by atoms with Gasteiger partial charge in [-0.05, 0) is 42.8 Å². The van der Waals surface area contributed by atoms with E-state index in [1.165, 1.54) is 16.9 Å². The van der Waals surface area contributed by atoms with Gasteiger partial charge in [0.25, 0.3) is 0 Å². The predicted molar refractivity (Wildman–Crippen MR) is 69.5 cm³/mol. The van der Waals surface area contributed by atoms with E-state index in [9.17, 15) is 0 Å². The molecule has 1 heterocycles. The van der Waals surface area contributed by atoms with Gasteiger partial charge in [-0.3, -0.25) is 0 Å². The normalized spacial score (nSPS) is 12.7. The molecule has 2 heteroatoms. The third-order valence-corrected chi connectivity index (χ3v) is 3.59. The molecular weight excluding hydrogens is 202 g/mol. The second-order valence-electron chi connectivity index (χ2n) is 3.69. The summed E-state index contributed by atoms with van der Waals surface area (Å²) in [6.45, 7) is 9.34. The maximum atomic E-state index is 3.84. The lowest BCUT2D eigenvalue weighted by Crippen LogP contribution is -2.21. The van der Waals surface area contributed by atoms with Gasteiger partial charge in [0.05, 0.1) is 0 Å². The minimum absolute atomic E-state index is 0.470. The Labute approximate surface area is 97.2 Å². The number of hydrogen-bond donors (Lipinski definition) is 1. The summed E-state index contributed by atoms with van der Waals surface area (Å²) >= 11 is 1.86. The smallest absolute Gasteiger partial charge is 0.0452 e. The largest absolute Gasteiger partial charge is 0.309 e.